The maximum absolute atomic E-state index is 11.7. The number of carboxylic acid groups (broad SMARTS) is 1. The second-order valence-corrected chi connectivity index (χ2v) is 5.59. The zero-order chi connectivity index (χ0) is 13.1. The Kier molecular flexibility index (Phi) is 4.95. The van der Waals surface area contributed by atoms with Crippen LogP contribution in [-0.2, 0) is 9.53 Å². The highest BCUT2D eigenvalue weighted by Gasteiger charge is 2.46. The van der Waals surface area contributed by atoms with Crippen molar-refractivity contribution in [2.75, 3.05) is 19.8 Å². The van der Waals surface area contributed by atoms with Crippen molar-refractivity contribution in [1.82, 2.24) is 4.90 Å². The lowest BCUT2D eigenvalue weighted by Crippen LogP contribution is -2.60. The van der Waals surface area contributed by atoms with Crippen molar-refractivity contribution < 1.29 is 14.6 Å². The van der Waals surface area contributed by atoms with Crippen molar-refractivity contribution in [3.05, 3.63) is 0 Å². The average Bonchev–Trinajstić information content (AvgIpc) is 2.26. The van der Waals surface area contributed by atoms with Gasteiger partial charge in [0, 0.05) is 25.8 Å². The molecule has 17 heavy (non-hydrogen) atoms. The molecule has 0 amide bonds. The van der Waals surface area contributed by atoms with Crippen LogP contribution in [0.2, 0.25) is 0 Å². The number of rotatable bonds is 5. The van der Waals surface area contributed by atoms with Gasteiger partial charge in [-0.05, 0) is 32.6 Å². The fourth-order valence-electron chi connectivity index (χ4n) is 2.61. The van der Waals surface area contributed by atoms with Crippen molar-refractivity contribution in [3.8, 4) is 0 Å². The van der Waals surface area contributed by atoms with Gasteiger partial charge in [-0.25, -0.2) is 0 Å². The smallest absolute Gasteiger partial charge is 0.324 e. The van der Waals surface area contributed by atoms with Gasteiger partial charge in [-0.2, -0.15) is 0 Å². The van der Waals surface area contributed by atoms with E-state index in [0.29, 0.717) is 32.0 Å². The van der Waals surface area contributed by atoms with E-state index in [9.17, 15) is 9.90 Å². The minimum absolute atomic E-state index is 0.242. The zero-order valence-electron chi connectivity index (χ0n) is 11.4. The van der Waals surface area contributed by atoms with Crippen LogP contribution in [0.15, 0.2) is 0 Å². The number of carboxylic acids is 1. The second-order valence-electron chi connectivity index (χ2n) is 5.59. The average molecular weight is 243 g/mol. The lowest BCUT2D eigenvalue weighted by atomic mass is 9.86. The van der Waals surface area contributed by atoms with Gasteiger partial charge in [0.25, 0.3) is 0 Å². The number of hydrogen-bond acceptors (Lipinski definition) is 3. The molecule has 0 bridgehead atoms. The van der Waals surface area contributed by atoms with Crippen LogP contribution < -0.4 is 0 Å². The fourth-order valence-corrected chi connectivity index (χ4v) is 2.61. The van der Waals surface area contributed by atoms with E-state index in [-0.39, 0.29) is 6.04 Å². The van der Waals surface area contributed by atoms with Crippen LogP contribution in [0.4, 0.5) is 0 Å². The van der Waals surface area contributed by atoms with Crippen molar-refractivity contribution in [2.45, 2.75) is 52.1 Å². The predicted molar refractivity (Wildman–Crippen MR) is 67.1 cm³/mol. The Morgan fingerprint density at radius 3 is 2.18 bits per heavy atom. The summed E-state index contributed by atoms with van der Waals surface area (Å²) in [5, 5.41) is 9.62. The van der Waals surface area contributed by atoms with Crippen molar-refractivity contribution in [3.63, 3.8) is 0 Å². The normalized spacial score (nSPS) is 20.2. The minimum Gasteiger partial charge on any atom is -0.480 e. The molecule has 0 saturated carbocycles. The largest absolute Gasteiger partial charge is 0.480 e. The van der Waals surface area contributed by atoms with Gasteiger partial charge in [-0.15, -0.1) is 0 Å². The monoisotopic (exact) mass is 243 g/mol. The summed E-state index contributed by atoms with van der Waals surface area (Å²) in [4.78, 5) is 13.8. The first-order valence-electron chi connectivity index (χ1n) is 6.48. The molecule has 0 radical (unpaired) electrons. The Morgan fingerprint density at radius 2 is 1.82 bits per heavy atom. The first-order valence-corrected chi connectivity index (χ1v) is 6.48. The predicted octanol–water partition coefficient (Wildman–Crippen LogP) is 1.99. The molecular weight excluding hydrogens is 218 g/mol. The van der Waals surface area contributed by atoms with E-state index in [1.54, 1.807) is 0 Å². The van der Waals surface area contributed by atoms with E-state index >= 15 is 0 Å². The molecule has 1 aliphatic heterocycles. The number of aliphatic carboxylic acids is 1. The van der Waals surface area contributed by atoms with Gasteiger partial charge >= 0.3 is 5.97 Å². The van der Waals surface area contributed by atoms with Crippen molar-refractivity contribution >= 4 is 5.97 Å². The van der Waals surface area contributed by atoms with Crippen LogP contribution in [0.3, 0.4) is 0 Å². The molecule has 4 nitrogen and oxygen atoms in total. The van der Waals surface area contributed by atoms with Crippen molar-refractivity contribution in [2.24, 2.45) is 5.92 Å². The third-order valence-electron chi connectivity index (χ3n) is 3.45. The highest BCUT2D eigenvalue weighted by molar-refractivity contribution is 5.79. The van der Waals surface area contributed by atoms with Gasteiger partial charge in [-0.1, -0.05) is 13.8 Å². The molecule has 1 rings (SSSR count). The molecule has 1 saturated heterocycles. The topological polar surface area (TPSA) is 49.8 Å². The highest BCUT2D eigenvalue weighted by atomic mass is 16.5. The van der Waals surface area contributed by atoms with E-state index in [4.69, 9.17) is 4.74 Å². The highest BCUT2D eigenvalue weighted by Crippen LogP contribution is 2.31. The first-order chi connectivity index (χ1) is 7.90. The molecule has 1 heterocycles. The molecule has 100 valence electrons. The van der Waals surface area contributed by atoms with Crippen LogP contribution in [0, 0.1) is 5.92 Å². The summed E-state index contributed by atoms with van der Waals surface area (Å²) in [5.74, 6) is -0.230. The lowest BCUT2D eigenvalue weighted by molar-refractivity contribution is -0.161. The van der Waals surface area contributed by atoms with Gasteiger partial charge < -0.3 is 9.84 Å². The molecule has 0 aromatic heterocycles. The van der Waals surface area contributed by atoms with Crippen LogP contribution in [-0.4, -0.2) is 47.3 Å². The molecule has 0 unspecified atom stereocenters. The van der Waals surface area contributed by atoms with Crippen LogP contribution in [0.25, 0.3) is 0 Å². The maximum atomic E-state index is 11.7. The van der Waals surface area contributed by atoms with E-state index in [1.165, 1.54) is 0 Å². The summed E-state index contributed by atoms with van der Waals surface area (Å²) in [7, 11) is 0. The molecule has 0 aromatic carbocycles. The number of hydrogen-bond donors (Lipinski definition) is 1. The maximum Gasteiger partial charge on any atom is 0.324 e. The van der Waals surface area contributed by atoms with Gasteiger partial charge in [0.1, 0.15) is 5.54 Å². The molecule has 1 aliphatic rings. The van der Waals surface area contributed by atoms with Crippen LogP contribution in [0.5, 0.6) is 0 Å². The summed E-state index contributed by atoms with van der Waals surface area (Å²) in [6, 6.07) is 0.242. The molecule has 0 aromatic rings. The second kappa shape index (κ2) is 5.83. The summed E-state index contributed by atoms with van der Waals surface area (Å²) in [5.41, 5.74) is -0.726. The summed E-state index contributed by atoms with van der Waals surface area (Å²) in [6.07, 6.45) is 1.18. The zero-order valence-corrected chi connectivity index (χ0v) is 11.4. The summed E-state index contributed by atoms with van der Waals surface area (Å²) in [6.45, 7) is 10.3. The standard InChI is InChI=1S/C13H25NO3/c1-10(2)9-14(11(3)4)13(12(15)16)5-7-17-8-6-13/h10-11H,5-9H2,1-4H3,(H,15,16). The van der Waals surface area contributed by atoms with Crippen LogP contribution in [0.1, 0.15) is 40.5 Å². The van der Waals surface area contributed by atoms with E-state index in [2.05, 4.69) is 32.6 Å². The van der Waals surface area contributed by atoms with Gasteiger partial charge in [0.05, 0.1) is 0 Å². The van der Waals surface area contributed by atoms with E-state index in [1.807, 2.05) is 0 Å². The van der Waals surface area contributed by atoms with Gasteiger partial charge in [-0.3, -0.25) is 9.69 Å². The first kappa shape index (κ1) is 14.5. The number of nitrogens with zero attached hydrogens (tertiary/aromatic N) is 1. The van der Waals surface area contributed by atoms with E-state index in [0.717, 1.165) is 6.54 Å². The third kappa shape index (κ3) is 3.19. The Morgan fingerprint density at radius 1 is 1.29 bits per heavy atom. The quantitative estimate of drug-likeness (QED) is 0.802. The SMILES string of the molecule is CC(C)CN(C(C)C)C1(C(=O)O)CCOCC1. The van der Waals surface area contributed by atoms with Gasteiger partial charge in [0.2, 0.25) is 0 Å². The molecule has 4 heteroatoms. The van der Waals surface area contributed by atoms with Crippen LogP contribution >= 0.6 is 0 Å². The molecule has 1 N–H and O–H groups in total. The van der Waals surface area contributed by atoms with Gasteiger partial charge in [0.15, 0.2) is 0 Å². The molecule has 1 fully saturated rings. The summed E-state index contributed by atoms with van der Waals surface area (Å²) < 4.78 is 5.32. The minimum atomic E-state index is -0.726. The Bertz CT molecular complexity index is 257. The lowest BCUT2D eigenvalue weighted by Gasteiger charge is -2.46. The Labute approximate surface area is 104 Å². The molecule has 0 atom stereocenters. The number of ether oxygens (including phenoxy) is 1. The molecular formula is C13H25NO3. The molecule has 0 aliphatic carbocycles. The van der Waals surface area contributed by atoms with E-state index < -0.39 is 11.5 Å². The Hall–Kier alpha value is -0.610. The van der Waals surface area contributed by atoms with Crippen molar-refractivity contribution in [1.29, 1.82) is 0 Å². The molecule has 0 spiro atoms. The fraction of sp³-hybridized carbons (Fsp3) is 0.923. The number of carbonyl (C=O) groups is 1. The summed E-state index contributed by atoms with van der Waals surface area (Å²) >= 11 is 0. The third-order valence-corrected chi connectivity index (χ3v) is 3.45. The Balaban J connectivity index is 2.95.